The summed E-state index contributed by atoms with van der Waals surface area (Å²) in [5.74, 6) is -1.53. The number of esters is 1. The number of aliphatic carboxylic acids is 1. The van der Waals surface area contributed by atoms with Crippen molar-refractivity contribution in [3.05, 3.63) is 11.1 Å². The van der Waals surface area contributed by atoms with Gasteiger partial charge in [0.1, 0.15) is 5.60 Å². The summed E-state index contributed by atoms with van der Waals surface area (Å²) in [6.45, 7) is 2.87. The highest BCUT2D eigenvalue weighted by Crippen LogP contribution is 2.39. The predicted molar refractivity (Wildman–Crippen MR) is 58.5 cm³/mol. The molecule has 2 N–H and O–H groups in total. The van der Waals surface area contributed by atoms with E-state index in [9.17, 15) is 9.59 Å². The van der Waals surface area contributed by atoms with E-state index in [1.807, 2.05) is 0 Å². The van der Waals surface area contributed by atoms with Gasteiger partial charge in [-0.3, -0.25) is 0 Å². The van der Waals surface area contributed by atoms with Gasteiger partial charge in [-0.15, -0.1) is 12.4 Å². The first-order valence-electron chi connectivity index (χ1n) is 4.95. The van der Waals surface area contributed by atoms with E-state index in [2.05, 4.69) is 5.32 Å². The molecule has 0 aromatic heterocycles. The first-order chi connectivity index (χ1) is 7.07. The molecule has 0 bridgehead atoms. The molecule has 1 spiro atoms. The van der Waals surface area contributed by atoms with Gasteiger partial charge in [-0.05, 0) is 20.0 Å². The van der Waals surface area contributed by atoms with Gasteiger partial charge in [0, 0.05) is 18.4 Å². The van der Waals surface area contributed by atoms with Crippen molar-refractivity contribution in [1.29, 1.82) is 0 Å². The van der Waals surface area contributed by atoms with Gasteiger partial charge < -0.3 is 15.2 Å². The minimum Gasteiger partial charge on any atom is -0.478 e. The Labute approximate surface area is 99.3 Å². The topological polar surface area (TPSA) is 75.6 Å². The smallest absolute Gasteiger partial charge is 0.336 e. The van der Waals surface area contributed by atoms with E-state index in [1.54, 1.807) is 0 Å². The zero-order valence-electron chi connectivity index (χ0n) is 8.91. The quantitative estimate of drug-likeness (QED) is 0.660. The van der Waals surface area contributed by atoms with Crippen LogP contribution in [0.3, 0.4) is 0 Å². The Kier molecular flexibility index (Phi) is 3.60. The monoisotopic (exact) mass is 247 g/mol. The van der Waals surface area contributed by atoms with Crippen molar-refractivity contribution in [2.75, 3.05) is 13.1 Å². The second-order valence-electron chi connectivity index (χ2n) is 3.94. The molecule has 0 atom stereocenters. The van der Waals surface area contributed by atoms with Crippen LogP contribution in [0.5, 0.6) is 0 Å². The molecule has 0 radical (unpaired) electrons. The van der Waals surface area contributed by atoms with E-state index >= 15 is 0 Å². The summed E-state index contributed by atoms with van der Waals surface area (Å²) in [6.07, 6.45) is 1.08. The summed E-state index contributed by atoms with van der Waals surface area (Å²) in [4.78, 5) is 22.5. The molecule has 0 aromatic carbocycles. The average Bonchev–Trinajstić information content (AvgIpc) is 2.40. The van der Waals surface area contributed by atoms with Gasteiger partial charge in [0.2, 0.25) is 0 Å². The molecule has 0 amide bonds. The highest BCUT2D eigenvalue weighted by molar-refractivity contribution is 6.04. The van der Waals surface area contributed by atoms with Crippen molar-refractivity contribution in [2.45, 2.75) is 25.4 Å². The first-order valence-corrected chi connectivity index (χ1v) is 4.95. The number of piperidine rings is 1. The van der Waals surface area contributed by atoms with Gasteiger partial charge >= 0.3 is 11.9 Å². The lowest BCUT2D eigenvalue weighted by Crippen LogP contribution is -2.45. The third-order valence-electron chi connectivity index (χ3n) is 3.05. The molecule has 90 valence electrons. The maximum atomic E-state index is 11.4. The van der Waals surface area contributed by atoms with Gasteiger partial charge in [-0.2, -0.15) is 0 Å². The average molecular weight is 248 g/mol. The molecule has 2 heterocycles. The van der Waals surface area contributed by atoms with E-state index in [0.717, 1.165) is 0 Å². The summed E-state index contributed by atoms with van der Waals surface area (Å²) in [5, 5.41) is 12.2. The Morgan fingerprint density at radius 3 is 2.50 bits per heavy atom. The van der Waals surface area contributed by atoms with E-state index in [0.29, 0.717) is 25.9 Å². The normalized spacial score (nSPS) is 22.9. The number of hydrogen-bond donors (Lipinski definition) is 2. The number of nitrogens with one attached hydrogen (secondary N) is 1. The van der Waals surface area contributed by atoms with Crippen molar-refractivity contribution in [2.24, 2.45) is 0 Å². The second-order valence-corrected chi connectivity index (χ2v) is 3.94. The zero-order chi connectivity index (χ0) is 11.1. The lowest BCUT2D eigenvalue weighted by Gasteiger charge is -2.33. The van der Waals surface area contributed by atoms with Gasteiger partial charge in [-0.25, -0.2) is 9.59 Å². The molecular weight excluding hydrogens is 234 g/mol. The fourth-order valence-electron chi connectivity index (χ4n) is 2.29. The maximum absolute atomic E-state index is 11.4. The molecular formula is C10H14ClNO4. The van der Waals surface area contributed by atoms with Gasteiger partial charge in [-0.1, -0.05) is 0 Å². The number of carboxylic acid groups (broad SMARTS) is 1. The summed E-state index contributed by atoms with van der Waals surface area (Å²) in [6, 6.07) is 0. The fraction of sp³-hybridized carbons (Fsp3) is 0.600. The summed E-state index contributed by atoms with van der Waals surface area (Å²) >= 11 is 0. The molecule has 0 unspecified atom stereocenters. The molecule has 16 heavy (non-hydrogen) atoms. The van der Waals surface area contributed by atoms with E-state index < -0.39 is 17.5 Å². The molecule has 2 rings (SSSR count). The fourth-order valence-corrected chi connectivity index (χ4v) is 2.29. The number of carboxylic acids is 1. The molecule has 1 saturated heterocycles. The Hall–Kier alpha value is -1.07. The van der Waals surface area contributed by atoms with Crippen molar-refractivity contribution >= 4 is 24.3 Å². The number of carbonyl (C=O) groups is 2. The second kappa shape index (κ2) is 4.43. The van der Waals surface area contributed by atoms with Gasteiger partial charge in [0.15, 0.2) is 0 Å². The third kappa shape index (κ3) is 1.81. The lowest BCUT2D eigenvalue weighted by molar-refractivity contribution is -0.150. The van der Waals surface area contributed by atoms with Crippen LogP contribution >= 0.6 is 12.4 Å². The van der Waals surface area contributed by atoms with Crippen molar-refractivity contribution in [3.8, 4) is 0 Å². The van der Waals surface area contributed by atoms with Crippen LogP contribution in [0.1, 0.15) is 19.8 Å². The van der Waals surface area contributed by atoms with Gasteiger partial charge in [0.25, 0.3) is 0 Å². The molecule has 0 aliphatic carbocycles. The molecule has 2 aliphatic heterocycles. The Morgan fingerprint density at radius 2 is 2.00 bits per heavy atom. The van der Waals surface area contributed by atoms with Crippen LogP contribution in [-0.4, -0.2) is 35.7 Å². The zero-order valence-corrected chi connectivity index (χ0v) is 9.73. The number of hydrogen-bond acceptors (Lipinski definition) is 4. The SMILES string of the molecule is CC1=C(C(=O)O)C2(CCNCC2)OC1=O.Cl. The minimum absolute atomic E-state index is 0. The van der Waals surface area contributed by atoms with Crippen molar-refractivity contribution in [3.63, 3.8) is 0 Å². The van der Waals surface area contributed by atoms with E-state index in [-0.39, 0.29) is 23.6 Å². The highest BCUT2D eigenvalue weighted by Gasteiger charge is 2.49. The number of carbonyl (C=O) groups excluding carboxylic acids is 1. The van der Waals surface area contributed by atoms with E-state index in [4.69, 9.17) is 9.84 Å². The number of ether oxygens (including phenoxy) is 1. The Bertz CT molecular complexity index is 358. The largest absolute Gasteiger partial charge is 0.478 e. The summed E-state index contributed by atoms with van der Waals surface area (Å²) in [5.41, 5.74) is -0.489. The molecule has 0 aromatic rings. The number of rotatable bonds is 1. The Morgan fingerprint density at radius 1 is 1.44 bits per heavy atom. The number of halogens is 1. The highest BCUT2D eigenvalue weighted by atomic mass is 35.5. The van der Waals surface area contributed by atoms with Crippen LogP contribution in [-0.2, 0) is 14.3 Å². The van der Waals surface area contributed by atoms with Crippen molar-refractivity contribution in [1.82, 2.24) is 5.32 Å². The molecule has 1 fully saturated rings. The lowest BCUT2D eigenvalue weighted by atomic mass is 9.84. The van der Waals surface area contributed by atoms with Crippen LogP contribution < -0.4 is 5.32 Å². The summed E-state index contributed by atoms with van der Waals surface area (Å²) < 4.78 is 5.24. The Balaban J connectivity index is 0.00000128. The van der Waals surface area contributed by atoms with Crippen LogP contribution in [0.2, 0.25) is 0 Å². The molecule has 6 heteroatoms. The predicted octanol–water partition coefficient (Wildman–Crippen LogP) is 0.488. The summed E-state index contributed by atoms with van der Waals surface area (Å²) in [7, 11) is 0. The van der Waals surface area contributed by atoms with Crippen LogP contribution in [0.25, 0.3) is 0 Å². The van der Waals surface area contributed by atoms with Crippen molar-refractivity contribution < 1.29 is 19.4 Å². The standard InChI is InChI=1S/C10H13NO4.ClH/c1-6-7(8(12)13)10(15-9(6)14)2-4-11-5-3-10;/h11H,2-5H2,1H3,(H,12,13);1H. The first kappa shape index (κ1) is 13.0. The van der Waals surface area contributed by atoms with E-state index in [1.165, 1.54) is 6.92 Å². The molecule has 2 aliphatic rings. The maximum Gasteiger partial charge on any atom is 0.336 e. The molecule has 5 nitrogen and oxygen atoms in total. The third-order valence-corrected chi connectivity index (χ3v) is 3.05. The molecule has 0 saturated carbocycles. The van der Waals surface area contributed by atoms with Crippen LogP contribution in [0.15, 0.2) is 11.1 Å². The van der Waals surface area contributed by atoms with Crippen LogP contribution in [0, 0.1) is 0 Å². The van der Waals surface area contributed by atoms with Crippen LogP contribution in [0.4, 0.5) is 0 Å². The minimum atomic E-state index is -1.04. The van der Waals surface area contributed by atoms with Gasteiger partial charge in [0.05, 0.1) is 5.57 Å².